The molecule has 0 saturated heterocycles. The van der Waals surface area contributed by atoms with Crippen molar-refractivity contribution < 1.29 is 21.2 Å². The Morgan fingerprint density at radius 2 is 1.11 bits per heavy atom. The molecule has 0 saturated carbocycles. The Morgan fingerprint density at radius 1 is 0.544 bits per heavy atom. The van der Waals surface area contributed by atoms with E-state index in [-0.39, 0.29) is 21.9 Å². The molecule has 0 fully saturated rings. The Kier molecular flexibility index (Phi) is 5.70. The van der Waals surface area contributed by atoms with Gasteiger partial charge < -0.3 is 4.74 Å². The maximum atomic E-state index is 9.38. The number of para-hydroxylation sites is 6. The highest BCUT2D eigenvalue weighted by molar-refractivity contribution is 7.77. The molecule has 280 valence electrons. The number of hydrogen-bond acceptors (Lipinski definition) is 2. The highest BCUT2D eigenvalue weighted by Gasteiger charge is 2.61. The van der Waals surface area contributed by atoms with Crippen molar-refractivity contribution >= 4 is 89.3 Å². The lowest BCUT2D eigenvalue weighted by Gasteiger charge is -2.54. The van der Waals surface area contributed by atoms with Crippen molar-refractivity contribution in [2.75, 3.05) is 0 Å². The van der Waals surface area contributed by atoms with Crippen molar-refractivity contribution in [1.29, 1.82) is 0 Å². The minimum absolute atomic E-state index is 0.0777. The second-order valence-electron chi connectivity index (χ2n) is 15.4. The fraction of sp³-hybridized carbons (Fsp3) is 0.122. The highest BCUT2D eigenvalue weighted by Crippen LogP contribution is 2.39. The maximum Gasteiger partial charge on any atom is 0.220 e. The Bertz CT molecular complexity index is 3340. The molecule has 2 aromatic heterocycles. The van der Waals surface area contributed by atoms with Gasteiger partial charge >= 0.3 is 0 Å². The van der Waals surface area contributed by atoms with E-state index in [0.717, 1.165) is 43.3 Å². The van der Waals surface area contributed by atoms with Gasteiger partial charge in [0, 0.05) is 37.3 Å². The Morgan fingerprint density at radius 3 is 1.81 bits per heavy atom. The van der Waals surface area contributed by atoms with Gasteiger partial charge in [-0.15, -0.1) is 0 Å². The van der Waals surface area contributed by atoms with Crippen LogP contribution in [0.15, 0.2) is 176 Å². The van der Waals surface area contributed by atoms with Gasteiger partial charge in [-0.1, -0.05) is 172 Å². The molecule has 0 bridgehead atoms. The van der Waals surface area contributed by atoms with E-state index >= 15 is 0 Å². The summed E-state index contributed by atoms with van der Waals surface area (Å²) >= 11 is 0. The Balaban J connectivity index is 1.40. The summed E-state index contributed by atoms with van der Waals surface area (Å²) in [6.07, 6.45) is 0. The molecule has 0 unspecified atom stereocenters. The van der Waals surface area contributed by atoms with Crippen molar-refractivity contribution in [1.82, 2.24) is 14.0 Å². The van der Waals surface area contributed by atoms with Gasteiger partial charge in [0.2, 0.25) is 5.78 Å². The summed E-state index contributed by atoms with van der Waals surface area (Å²) in [5.74, 6) is 0.903. The molecule has 10 rings (SSSR count). The largest absolute Gasteiger partial charge is 0.458 e. The zero-order valence-electron chi connectivity index (χ0n) is 43.5. The number of aromatic nitrogens is 3. The minimum atomic E-state index is -5.29. The summed E-state index contributed by atoms with van der Waals surface area (Å²) in [6.45, 7) is -10.6. The number of imidazole rings is 2. The van der Waals surface area contributed by atoms with Crippen molar-refractivity contribution in [3.8, 4) is 17.2 Å². The lowest BCUT2D eigenvalue weighted by atomic mass is 10.2. The molecule has 8 heteroatoms. The molecule has 57 heavy (non-hydrogen) atoms. The summed E-state index contributed by atoms with van der Waals surface area (Å²) in [7, 11) is -19.6. The third kappa shape index (κ3) is 5.04. The third-order valence-corrected chi connectivity index (χ3v) is 43.3. The third-order valence-electron chi connectivity index (χ3n) is 11.9. The van der Waals surface area contributed by atoms with Gasteiger partial charge in [-0.05, 0) is 73.6 Å². The molecule has 0 N–H and O–H groups in total. The van der Waals surface area contributed by atoms with Crippen molar-refractivity contribution in [3.63, 3.8) is 0 Å². The van der Waals surface area contributed by atoms with Crippen molar-refractivity contribution in [2.24, 2.45) is 0 Å². The van der Waals surface area contributed by atoms with E-state index in [1.54, 1.807) is 36.4 Å². The summed E-state index contributed by atoms with van der Waals surface area (Å²) in [5, 5.41) is 3.44. The molecular weight excluding hydrogens is 759 g/mol. The van der Waals surface area contributed by atoms with Crippen LogP contribution in [0.2, 0.25) is 39.0 Å². The van der Waals surface area contributed by atoms with E-state index in [1.165, 1.54) is 13.1 Å². The van der Waals surface area contributed by atoms with E-state index in [1.807, 2.05) is 115 Å². The molecule has 7 aromatic carbocycles. The first kappa shape index (κ1) is 25.0. The average molecular weight is 818 g/mol. The second-order valence-corrected chi connectivity index (χ2v) is 38.2. The van der Waals surface area contributed by atoms with Crippen LogP contribution in [-0.4, -0.2) is 44.3 Å². The van der Waals surface area contributed by atoms with Gasteiger partial charge in [-0.3, -0.25) is 8.97 Å². The van der Waals surface area contributed by atoms with Gasteiger partial charge in [0.1, 0.15) is 18.6 Å². The smallest absolute Gasteiger partial charge is 0.220 e. The summed E-state index contributed by atoms with van der Waals surface area (Å²) < 4.78 is 124. The average Bonchev–Trinajstić information content (AvgIpc) is 3.85. The molecular formula is C49H47N3OSi4. The second kappa shape index (κ2) is 13.0. The van der Waals surface area contributed by atoms with Crippen LogP contribution in [0.3, 0.4) is 0 Å². The van der Waals surface area contributed by atoms with Crippen molar-refractivity contribution in [2.45, 2.75) is 39.0 Å². The molecule has 1 aliphatic rings. The normalized spacial score (nSPS) is 18.1. The van der Waals surface area contributed by atoms with Crippen LogP contribution in [0.4, 0.5) is 0 Å². The van der Waals surface area contributed by atoms with E-state index in [4.69, 9.17) is 9.72 Å². The number of rotatable bonds is 7. The topological polar surface area (TPSA) is 31.5 Å². The van der Waals surface area contributed by atoms with Gasteiger partial charge in [-0.25, -0.2) is 4.98 Å². The van der Waals surface area contributed by atoms with Crippen LogP contribution >= 0.6 is 0 Å². The van der Waals surface area contributed by atoms with Crippen LogP contribution in [-0.2, 0) is 0 Å². The van der Waals surface area contributed by atoms with E-state index in [0.29, 0.717) is 11.0 Å². The molecule has 0 aliphatic carbocycles. The fourth-order valence-corrected chi connectivity index (χ4v) is 40.8. The first-order valence-corrected chi connectivity index (χ1v) is 30.1. The zero-order valence-corrected chi connectivity index (χ0v) is 35.5. The van der Waals surface area contributed by atoms with Crippen molar-refractivity contribution in [3.05, 3.63) is 176 Å². The van der Waals surface area contributed by atoms with Gasteiger partial charge in [0.05, 0.1) is 22.1 Å². The number of benzene rings is 7. The first-order chi connectivity index (χ1) is 32.6. The van der Waals surface area contributed by atoms with Gasteiger partial charge in [-0.2, -0.15) is 0 Å². The summed E-state index contributed by atoms with van der Waals surface area (Å²) in [5.41, 5.74) is 4.45. The first-order valence-electron chi connectivity index (χ1n) is 25.1. The molecule has 0 radical (unpaired) electrons. The van der Waals surface area contributed by atoms with Gasteiger partial charge in [0.25, 0.3) is 0 Å². The molecule has 3 heterocycles. The minimum Gasteiger partial charge on any atom is -0.458 e. The van der Waals surface area contributed by atoms with E-state index < -0.39 is 56.3 Å². The van der Waals surface area contributed by atoms with Crippen LogP contribution in [0.25, 0.3) is 33.5 Å². The van der Waals surface area contributed by atoms with Crippen LogP contribution in [0, 0.1) is 0 Å². The summed E-state index contributed by atoms with van der Waals surface area (Å²) in [4.78, 5) is 5.16. The number of hydrogen-bond donors (Lipinski definition) is 0. The maximum absolute atomic E-state index is 9.38. The predicted octanol–water partition coefficient (Wildman–Crippen LogP) is 8.31. The highest BCUT2D eigenvalue weighted by atomic mass is 29.6. The van der Waals surface area contributed by atoms with Crippen LogP contribution in [0.5, 0.6) is 11.5 Å². The molecule has 9 aromatic rings. The standard InChI is InChI=1S/C49H47N3OSi4/c1-54(2,3)57(55(4,5)6)45-32-18-17-31-44(45)53-48-46(33-20-34-47(48)57)56(37-22-9-7-10-23-37,38-24-11-8-12-25-38)39-26-19-21-36(35-39)51-42-29-15-16-30-43(42)52-41-28-14-13-27-40(41)50-49(51)52/h7-35H,1-6H3/i1D3,2D3,4D3,5D3. The lowest BCUT2D eigenvalue weighted by Crippen LogP contribution is -2.86. The van der Waals surface area contributed by atoms with E-state index in [9.17, 15) is 16.4 Å². The Labute approximate surface area is 355 Å². The number of ether oxygens (including phenoxy) is 1. The number of nitrogens with zero attached hydrogens (tertiary/aromatic N) is 3. The lowest BCUT2D eigenvalue weighted by molar-refractivity contribution is 0.491. The molecule has 0 spiro atoms. The molecule has 0 atom stereocenters. The monoisotopic (exact) mass is 817 g/mol. The van der Waals surface area contributed by atoms with E-state index in [2.05, 4.69) is 33.2 Å². The quantitative estimate of drug-likeness (QED) is 0.120. The predicted molar refractivity (Wildman–Crippen MR) is 251 cm³/mol. The molecule has 0 amide bonds. The molecule has 4 nitrogen and oxygen atoms in total. The molecule has 1 aliphatic heterocycles. The van der Waals surface area contributed by atoms with Crippen LogP contribution in [0.1, 0.15) is 16.4 Å². The Hall–Kier alpha value is -5.52. The SMILES string of the molecule is [2H]C([2H])([2H])[Si](C)(C([2H])([2H])[2H])[Si]1([Si](C)(C([2H])([2H])[2H])C([2H])([2H])[2H])c2ccccc2Oc2c([Si](c3ccccc3)(c3ccccc3)c3cccc(-n4c5ccccc5n5c6ccccc6nc45)c3)cccc21. The number of fused-ring (bicyclic) bond motifs is 7. The zero-order chi connectivity index (χ0) is 49.2. The van der Waals surface area contributed by atoms with Crippen LogP contribution < -0.4 is 35.9 Å². The fourth-order valence-electron chi connectivity index (χ4n) is 9.76. The van der Waals surface area contributed by atoms with Gasteiger partial charge in [0.15, 0.2) is 8.07 Å². The summed E-state index contributed by atoms with van der Waals surface area (Å²) in [6, 6.07) is 55.8.